The molecule has 3 aromatic rings. The number of hydrogen-bond acceptors (Lipinski definition) is 2. The number of anilines is 1. The van der Waals surface area contributed by atoms with Crippen LogP contribution in [0.2, 0.25) is 0 Å². The van der Waals surface area contributed by atoms with Crippen molar-refractivity contribution < 1.29 is 4.79 Å². The molecule has 0 atom stereocenters. The smallest absolute Gasteiger partial charge is 0.333 e. The minimum atomic E-state index is -0.0449. The van der Waals surface area contributed by atoms with Crippen LogP contribution in [0.15, 0.2) is 43.1 Å². The zero-order valence-electron chi connectivity index (χ0n) is 11.2. The lowest BCUT2D eigenvalue weighted by Gasteiger charge is -2.17. The molecule has 100 valence electrons. The van der Waals surface area contributed by atoms with E-state index in [1.165, 1.54) is 15.6 Å². The van der Waals surface area contributed by atoms with E-state index in [9.17, 15) is 4.79 Å². The fourth-order valence-corrected chi connectivity index (χ4v) is 2.86. The summed E-state index contributed by atoms with van der Waals surface area (Å²) in [6.07, 6.45) is 7.79. The molecule has 0 spiro atoms. The van der Waals surface area contributed by atoms with Crippen molar-refractivity contribution in [3.63, 3.8) is 0 Å². The first kappa shape index (κ1) is 11.3. The molecular weight excluding hydrogens is 252 g/mol. The van der Waals surface area contributed by atoms with Gasteiger partial charge in [-0.15, -0.1) is 0 Å². The van der Waals surface area contributed by atoms with Crippen molar-refractivity contribution in [2.45, 2.75) is 6.42 Å². The molecule has 0 bridgehead atoms. The van der Waals surface area contributed by atoms with Crippen molar-refractivity contribution in [3.05, 3.63) is 48.7 Å². The molecule has 5 nitrogen and oxygen atoms in total. The molecule has 0 unspecified atom stereocenters. The minimum absolute atomic E-state index is 0.0449. The summed E-state index contributed by atoms with van der Waals surface area (Å²) in [6, 6.07) is 6.32. The second kappa shape index (κ2) is 3.96. The summed E-state index contributed by atoms with van der Waals surface area (Å²) in [4.78, 5) is 18.2. The number of fused-ring (bicyclic) bond motifs is 2. The number of rotatable bonds is 0. The van der Waals surface area contributed by atoms with Gasteiger partial charge in [0.2, 0.25) is 0 Å². The SMILES string of the molecule is Cn1ccc2cc3c(cc21)CCN3C(=O)n1ccnc1. The van der Waals surface area contributed by atoms with Gasteiger partial charge in [0.15, 0.2) is 0 Å². The van der Waals surface area contributed by atoms with Gasteiger partial charge in [-0.3, -0.25) is 9.47 Å². The van der Waals surface area contributed by atoms with Gasteiger partial charge in [-0.1, -0.05) is 0 Å². The molecule has 5 heteroatoms. The molecule has 0 saturated heterocycles. The lowest BCUT2D eigenvalue weighted by atomic mass is 10.1. The van der Waals surface area contributed by atoms with Crippen LogP contribution in [-0.2, 0) is 13.5 Å². The highest BCUT2D eigenvalue weighted by atomic mass is 16.2. The number of hydrogen-bond donors (Lipinski definition) is 0. The zero-order chi connectivity index (χ0) is 13.7. The second-order valence-corrected chi connectivity index (χ2v) is 5.12. The van der Waals surface area contributed by atoms with Crippen LogP contribution in [0, 0.1) is 0 Å². The summed E-state index contributed by atoms with van der Waals surface area (Å²) in [5.41, 5.74) is 3.45. The maximum atomic E-state index is 12.5. The third-order valence-electron chi connectivity index (χ3n) is 3.94. The third kappa shape index (κ3) is 1.49. The number of carbonyl (C=O) groups is 1. The molecule has 0 saturated carbocycles. The Labute approximate surface area is 116 Å². The summed E-state index contributed by atoms with van der Waals surface area (Å²) < 4.78 is 3.63. The summed E-state index contributed by atoms with van der Waals surface area (Å²) >= 11 is 0. The highest BCUT2D eigenvalue weighted by Gasteiger charge is 2.26. The Bertz CT molecular complexity index is 801. The second-order valence-electron chi connectivity index (χ2n) is 5.12. The van der Waals surface area contributed by atoms with Crippen LogP contribution in [0.5, 0.6) is 0 Å². The Balaban J connectivity index is 1.81. The van der Waals surface area contributed by atoms with Gasteiger partial charge < -0.3 is 4.57 Å². The molecule has 1 amide bonds. The van der Waals surface area contributed by atoms with E-state index in [4.69, 9.17) is 0 Å². The highest BCUT2D eigenvalue weighted by Crippen LogP contribution is 2.33. The maximum Gasteiger partial charge on any atom is 0.333 e. The van der Waals surface area contributed by atoms with Gasteiger partial charge in [-0.05, 0) is 30.2 Å². The summed E-state index contributed by atoms with van der Waals surface area (Å²) in [6.45, 7) is 0.725. The van der Waals surface area contributed by atoms with Crippen LogP contribution in [0.3, 0.4) is 0 Å². The average molecular weight is 266 g/mol. The van der Waals surface area contributed by atoms with Crippen molar-refractivity contribution >= 4 is 22.6 Å². The monoisotopic (exact) mass is 266 g/mol. The fraction of sp³-hybridized carbons (Fsp3) is 0.200. The molecule has 1 aromatic carbocycles. The molecular formula is C15H14N4O. The molecule has 20 heavy (non-hydrogen) atoms. The number of aryl methyl sites for hydroxylation is 1. The molecule has 0 radical (unpaired) electrons. The standard InChI is InChI=1S/C15H14N4O/c1-17-5-2-11-9-14-12(8-13(11)17)3-6-19(14)15(20)18-7-4-16-10-18/h2,4-5,7-10H,3,6H2,1H3. The third-order valence-corrected chi connectivity index (χ3v) is 3.94. The van der Waals surface area contributed by atoms with Crippen LogP contribution in [0.4, 0.5) is 10.5 Å². The van der Waals surface area contributed by atoms with Gasteiger partial charge in [0.25, 0.3) is 0 Å². The predicted molar refractivity (Wildman–Crippen MR) is 77.0 cm³/mol. The normalized spacial score (nSPS) is 13.9. The Morgan fingerprint density at radius 2 is 2.20 bits per heavy atom. The number of benzene rings is 1. The Morgan fingerprint density at radius 3 is 3.00 bits per heavy atom. The van der Waals surface area contributed by atoms with Crippen molar-refractivity contribution in [1.82, 2.24) is 14.1 Å². The van der Waals surface area contributed by atoms with E-state index in [-0.39, 0.29) is 6.03 Å². The average Bonchev–Trinajstić information content (AvgIpc) is 3.16. The van der Waals surface area contributed by atoms with Gasteiger partial charge in [0.05, 0.1) is 0 Å². The highest BCUT2D eigenvalue weighted by molar-refractivity contribution is 5.98. The Hall–Kier alpha value is -2.56. The van der Waals surface area contributed by atoms with E-state index in [2.05, 4.69) is 27.8 Å². The molecule has 0 aliphatic carbocycles. The number of aromatic nitrogens is 3. The van der Waals surface area contributed by atoms with Gasteiger partial charge in [-0.2, -0.15) is 0 Å². The first-order valence-electron chi connectivity index (χ1n) is 6.62. The zero-order valence-corrected chi connectivity index (χ0v) is 11.2. The first-order chi connectivity index (χ1) is 9.74. The van der Waals surface area contributed by atoms with Gasteiger partial charge in [-0.25, -0.2) is 9.78 Å². The topological polar surface area (TPSA) is 43.1 Å². The molecule has 3 heterocycles. The van der Waals surface area contributed by atoms with E-state index in [0.717, 1.165) is 24.0 Å². The Kier molecular flexibility index (Phi) is 2.24. The number of nitrogens with zero attached hydrogens (tertiary/aromatic N) is 4. The first-order valence-corrected chi connectivity index (χ1v) is 6.62. The van der Waals surface area contributed by atoms with Crippen LogP contribution in [0.1, 0.15) is 5.56 Å². The van der Waals surface area contributed by atoms with E-state index < -0.39 is 0 Å². The van der Waals surface area contributed by atoms with Crippen molar-refractivity contribution in [2.75, 3.05) is 11.4 Å². The predicted octanol–water partition coefficient (Wildman–Crippen LogP) is 2.41. The number of carbonyl (C=O) groups excluding carboxylic acids is 1. The van der Waals surface area contributed by atoms with Crippen molar-refractivity contribution in [1.29, 1.82) is 0 Å². The summed E-state index contributed by atoms with van der Waals surface area (Å²) in [5, 5.41) is 1.16. The molecule has 0 fully saturated rings. The van der Waals surface area contributed by atoms with E-state index >= 15 is 0 Å². The molecule has 0 N–H and O–H groups in total. The van der Waals surface area contributed by atoms with Gasteiger partial charge >= 0.3 is 6.03 Å². The summed E-state index contributed by atoms with van der Waals surface area (Å²) in [7, 11) is 2.04. The lowest BCUT2D eigenvalue weighted by Crippen LogP contribution is -2.32. The van der Waals surface area contributed by atoms with Gasteiger partial charge in [0, 0.05) is 48.8 Å². The number of imidazole rings is 1. The lowest BCUT2D eigenvalue weighted by molar-refractivity contribution is 0.248. The van der Waals surface area contributed by atoms with Crippen LogP contribution < -0.4 is 4.90 Å². The van der Waals surface area contributed by atoms with E-state index in [1.807, 2.05) is 18.1 Å². The van der Waals surface area contributed by atoms with Crippen LogP contribution >= 0.6 is 0 Å². The quantitative estimate of drug-likeness (QED) is 0.627. The number of amides is 1. The van der Waals surface area contributed by atoms with Gasteiger partial charge in [0.1, 0.15) is 6.33 Å². The van der Waals surface area contributed by atoms with Crippen LogP contribution in [0.25, 0.3) is 10.9 Å². The minimum Gasteiger partial charge on any atom is -0.351 e. The van der Waals surface area contributed by atoms with Crippen molar-refractivity contribution in [2.24, 2.45) is 7.05 Å². The van der Waals surface area contributed by atoms with E-state index in [0.29, 0.717) is 0 Å². The maximum absolute atomic E-state index is 12.5. The van der Waals surface area contributed by atoms with Crippen molar-refractivity contribution in [3.8, 4) is 0 Å². The van der Waals surface area contributed by atoms with Crippen LogP contribution in [-0.4, -0.2) is 26.7 Å². The summed E-state index contributed by atoms with van der Waals surface area (Å²) in [5.74, 6) is 0. The fourth-order valence-electron chi connectivity index (χ4n) is 2.86. The molecule has 2 aromatic heterocycles. The molecule has 4 rings (SSSR count). The molecule has 1 aliphatic rings. The van der Waals surface area contributed by atoms with E-state index in [1.54, 1.807) is 18.7 Å². The Morgan fingerprint density at radius 1 is 1.30 bits per heavy atom. The largest absolute Gasteiger partial charge is 0.351 e. The molecule has 1 aliphatic heterocycles.